The first kappa shape index (κ1) is 26.1. The molecule has 9 N–H and O–H groups in total. The van der Waals surface area contributed by atoms with Gasteiger partial charge >= 0.3 is 0 Å². The van der Waals surface area contributed by atoms with E-state index in [2.05, 4.69) is 0 Å². The first-order valence-corrected chi connectivity index (χ1v) is 10.3. The molecule has 0 amide bonds. The van der Waals surface area contributed by atoms with Crippen molar-refractivity contribution >= 4 is 0 Å². The fourth-order valence-corrected chi connectivity index (χ4v) is 3.91. The number of aliphatic hydroxyl groups excluding tert-OH is 9. The molecule has 0 aromatic carbocycles. The Kier molecular flexibility index (Phi) is 8.44. The predicted octanol–water partition coefficient (Wildman–Crippen LogP) is -5.52. The van der Waals surface area contributed by atoms with E-state index in [-0.39, 0.29) is 0 Å². The third-order valence-electron chi connectivity index (χ3n) is 6.02. The first-order chi connectivity index (χ1) is 15.0. The van der Waals surface area contributed by atoms with E-state index in [0.717, 1.165) is 0 Å². The first-order valence-electron chi connectivity index (χ1n) is 10.3. The summed E-state index contributed by atoms with van der Waals surface area (Å²) in [4.78, 5) is 0. The Bertz CT molecular complexity index is 610. The Morgan fingerprint density at radius 2 is 1.06 bits per heavy atom. The fourth-order valence-electron chi connectivity index (χ4n) is 3.91. The van der Waals surface area contributed by atoms with Crippen LogP contribution in [0.4, 0.5) is 0 Å². The standard InChI is InChI=1S/C18H32O14/c1-4-7(20)10(23)13(26)17(28-4)32-15-11(24)8(21)5(2)29-18(15)31-14-12(25)9(22)6(3-19)30-16(14)27/h4-27H,3H2,1-2H3/t4-,5-,6+,7-,8-,9-,10+,11+,12-,13+,14+,15+,16+,17-,18-/m0/s1. The third-order valence-corrected chi connectivity index (χ3v) is 6.02. The molecule has 0 aromatic heterocycles. The number of hydrogen-bond donors (Lipinski definition) is 9. The Balaban J connectivity index is 1.78. The van der Waals surface area contributed by atoms with Crippen molar-refractivity contribution in [1.82, 2.24) is 0 Å². The Morgan fingerprint density at radius 1 is 0.562 bits per heavy atom. The molecule has 14 nitrogen and oxygen atoms in total. The number of aliphatic hydroxyl groups is 9. The van der Waals surface area contributed by atoms with Crippen molar-refractivity contribution in [2.45, 2.75) is 106 Å². The van der Waals surface area contributed by atoms with Crippen molar-refractivity contribution in [3.63, 3.8) is 0 Å². The quantitative estimate of drug-likeness (QED) is 0.182. The summed E-state index contributed by atoms with van der Waals surface area (Å²) in [6, 6.07) is 0. The Hall–Kier alpha value is -0.560. The van der Waals surface area contributed by atoms with Gasteiger partial charge in [-0.3, -0.25) is 0 Å². The lowest BCUT2D eigenvalue weighted by Crippen LogP contribution is -2.65. The average molecular weight is 472 g/mol. The van der Waals surface area contributed by atoms with Crippen LogP contribution in [0.25, 0.3) is 0 Å². The maximum atomic E-state index is 10.5. The fraction of sp³-hybridized carbons (Fsp3) is 1.00. The van der Waals surface area contributed by atoms with Gasteiger partial charge in [-0.2, -0.15) is 0 Å². The van der Waals surface area contributed by atoms with Crippen LogP contribution in [0.2, 0.25) is 0 Å². The zero-order valence-electron chi connectivity index (χ0n) is 17.4. The van der Waals surface area contributed by atoms with Gasteiger partial charge in [-0.25, -0.2) is 0 Å². The summed E-state index contributed by atoms with van der Waals surface area (Å²) in [5.74, 6) is 0. The van der Waals surface area contributed by atoms with Crippen LogP contribution in [0.1, 0.15) is 13.8 Å². The van der Waals surface area contributed by atoms with Crippen molar-refractivity contribution in [2.24, 2.45) is 0 Å². The summed E-state index contributed by atoms with van der Waals surface area (Å²) in [5.41, 5.74) is 0. The molecule has 3 aliphatic rings. The van der Waals surface area contributed by atoms with Crippen LogP contribution in [0.15, 0.2) is 0 Å². The summed E-state index contributed by atoms with van der Waals surface area (Å²) in [6.45, 7) is 2.15. The summed E-state index contributed by atoms with van der Waals surface area (Å²) < 4.78 is 27.0. The molecule has 0 unspecified atom stereocenters. The number of rotatable bonds is 5. The van der Waals surface area contributed by atoms with Gasteiger partial charge in [0, 0.05) is 0 Å². The minimum Gasteiger partial charge on any atom is -0.394 e. The van der Waals surface area contributed by atoms with Gasteiger partial charge in [0.1, 0.15) is 61.0 Å². The van der Waals surface area contributed by atoms with E-state index in [9.17, 15) is 46.0 Å². The van der Waals surface area contributed by atoms with Gasteiger partial charge in [0.25, 0.3) is 0 Å². The molecular formula is C18H32O14. The topological polar surface area (TPSA) is 228 Å². The SMILES string of the molecule is C[C@@H]1O[C@@H](O[C@H]2[C@H](O[C@@H]3[C@@H](O)[C@@H](O)[C@@H](CO)O[C@H]3O)O[C@@H](C)[C@H](O)[C@H]2O)[C@H](O)[C@H](O)[C@H]1O. The molecule has 0 aromatic rings. The lowest BCUT2D eigenvalue weighted by Gasteiger charge is -2.47. The monoisotopic (exact) mass is 472 g/mol. The van der Waals surface area contributed by atoms with Gasteiger partial charge in [0.2, 0.25) is 0 Å². The van der Waals surface area contributed by atoms with Crippen LogP contribution in [-0.4, -0.2) is 145 Å². The summed E-state index contributed by atoms with van der Waals surface area (Å²) >= 11 is 0. The van der Waals surface area contributed by atoms with E-state index in [1.54, 1.807) is 0 Å². The molecule has 0 radical (unpaired) electrons. The molecule has 3 saturated heterocycles. The summed E-state index contributed by atoms with van der Waals surface area (Å²) in [5, 5.41) is 90.5. The molecular weight excluding hydrogens is 440 g/mol. The van der Waals surface area contributed by atoms with E-state index < -0.39 is 98.7 Å². The highest BCUT2D eigenvalue weighted by atomic mass is 16.8. The lowest BCUT2D eigenvalue weighted by molar-refractivity contribution is -0.387. The average Bonchev–Trinajstić information content (AvgIpc) is 2.76. The van der Waals surface area contributed by atoms with Crippen LogP contribution in [-0.2, 0) is 23.7 Å². The zero-order chi connectivity index (χ0) is 23.9. The van der Waals surface area contributed by atoms with Crippen molar-refractivity contribution < 1.29 is 69.6 Å². The third kappa shape index (κ3) is 4.94. The van der Waals surface area contributed by atoms with E-state index in [1.807, 2.05) is 0 Å². The normalized spacial score (nSPS) is 55.0. The molecule has 32 heavy (non-hydrogen) atoms. The lowest BCUT2D eigenvalue weighted by atomic mass is 9.97. The molecule has 3 rings (SSSR count). The highest BCUT2D eigenvalue weighted by Crippen LogP contribution is 2.32. The highest BCUT2D eigenvalue weighted by molar-refractivity contribution is 4.94. The van der Waals surface area contributed by atoms with Crippen LogP contribution in [0.5, 0.6) is 0 Å². The maximum Gasteiger partial charge on any atom is 0.187 e. The van der Waals surface area contributed by atoms with Gasteiger partial charge < -0.3 is 69.6 Å². The van der Waals surface area contributed by atoms with E-state index >= 15 is 0 Å². The second-order valence-electron chi connectivity index (χ2n) is 8.30. The molecule has 3 fully saturated rings. The van der Waals surface area contributed by atoms with Crippen molar-refractivity contribution in [3.8, 4) is 0 Å². The summed E-state index contributed by atoms with van der Waals surface area (Å²) in [6.07, 6.45) is -22.6. The summed E-state index contributed by atoms with van der Waals surface area (Å²) in [7, 11) is 0. The molecule has 188 valence electrons. The largest absolute Gasteiger partial charge is 0.394 e. The molecule has 0 aliphatic carbocycles. The molecule has 15 atom stereocenters. The highest BCUT2D eigenvalue weighted by Gasteiger charge is 2.52. The van der Waals surface area contributed by atoms with Gasteiger partial charge in [0.15, 0.2) is 18.9 Å². The second-order valence-corrected chi connectivity index (χ2v) is 8.30. The van der Waals surface area contributed by atoms with Crippen LogP contribution >= 0.6 is 0 Å². The Labute approximate surface area is 183 Å². The Morgan fingerprint density at radius 3 is 1.66 bits per heavy atom. The van der Waals surface area contributed by atoms with Crippen molar-refractivity contribution in [2.75, 3.05) is 6.61 Å². The van der Waals surface area contributed by atoms with Gasteiger partial charge in [-0.15, -0.1) is 0 Å². The van der Waals surface area contributed by atoms with Crippen molar-refractivity contribution in [1.29, 1.82) is 0 Å². The van der Waals surface area contributed by atoms with Crippen molar-refractivity contribution in [3.05, 3.63) is 0 Å². The smallest absolute Gasteiger partial charge is 0.187 e. The van der Waals surface area contributed by atoms with E-state index in [1.165, 1.54) is 13.8 Å². The maximum absolute atomic E-state index is 10.5. The van der Waals surface area contributed by atoms with Crippen LogP contribution in [0, 0.1) is 0 Å². The van der Waals surface area contributed by atoms with E-state index in [0.29, 0.717) is 0 Å². The second kappa shape index (κ2) is 10.4. The van der Waals surface area contributed by atoms with Gasteiger partial charge in [-0.05, 0) is 13.8 Å². The number of ether oxygens (including phenoxy) is 5. The van der Waals surface area contributed by atoms with Crippen LogP contribution in [0.3, 0.4) is 0 Å². The molecule has 0 bridgehead atoms. The molecule has 0 saturated carbocycles. The molecule has 0 spiro atoms. The minimum absolute atomic E-state index is 0.682. The number of hydrogen-bond acceptors (Lipinski definition) is 14. The molecule has 3 aliphatic heterocycles. The van der Waals surface area contributed by atoms with Crippen LogP contribution < -0.4 is 0 Å². The predicted molar refractivity (Wildman–Crippen MR) is 98.4 cm³/mol. The molecule has 3 heterocycles. The van der Waals surface area contributed by atoms with Gasteiger partial charge in [-0.1, -0.05) is 0 Å². The van der Waals surface area contributed by atoms with E-state index in [4.69, 9.17) is 23.7 Å². The molecule has 14 heteroatoms. The minimum atomic E-state index is -1.80. The van der Waals surface area contributed by atoms with Gasteiger partial charge in [0.05, 0.1) is 18.8 Å². The zero-order valence-corrected chi connectivity index (χ0v) is 17.4.